The molecule has 4 nitrogen and oxygen atoms in total. The molecular weight excluding hydrogens is 372 g/mol. The highest BCUT2D eigenvalue weighted by molar-refractivity contribution is 7.86. The van der Waals surface area contributed by atoms with Crippen LogP contribution in [0.3, 0.4) is 0 Å². The molecule has 160 valence electrons. The van der Waals surface area contributed by atoms with Gasteiger partial charge in [-0.05, 0) is 31.9 Å². The molecule has 0 unspecified atom stereocenters. The van der Waals surface area contributed by atoms with Crippen LogP contribution in [0.4, 0.5) is 0 Å². The van der Waals surface area contributed by atoms with Gasteiger partial charge in [0.05, 0.1) is 24.7 Å². The molecule has 0 bridgehead atoms. The molecule has 0 atom stereocenters. The van der Waals surface area contributed by atoms with Crippen molar-refractivity contribution in [3.05, 3.63) is 29.8 Å². The fraction of sp³-hybridized carbons (Fsp3) is 0.739. The summed E-state index contributed by atoms with van der Waals surface area (Å²) in [6.07, 6.45) is 13.5. The van der Waals surface area contributed by atoms with E-state index in [1.54, 1.807) is 24.3 Å². The fourth-order valence-electron chi connectivity index (χ4n) is 3.60. The van der Waals surface area contributed by atoms with Crippen LogP contribution >= 0.6 is 0 Å². The third-order valence-electron chi connectivity index (χ3n) is 5.62. The smallest absolute Gasteiger partial charge is 0.296 e. The highest BCUT2D eigenvalue weighted by Crippen LogP contribution is 2.32. The van der Waals surface area contributed by atoms with E-state index in [9.17, 15) is 8.42 Å². The fourth-order valence-corrected chi connectivity index (χ4v) is 4.55. The van der Waals surface area contributed by atoms with E-state index in [0.29, 0.717) is 5.41 Å². The van der Waals surface area contributed by atoms with Crippen molar-refractivity contribution < 1.29 is 17.3 Å². The van der Waals surface area contributed by atoms with Gasteiger partial charge in [0.1, 0.15) is 0 Å². The van der Waals surface area contributed by atoms with Gasteiger partial charge < -0.3 is 4.74 Å². The predicted octanol–water partition coefficient (Wildman–Crippen LogP) is 6.03. The van der Waals surface area contributed by atoms with Crippen LogP contribution in [0.25, 0.3) is 0 Å². The largest absolute Gasteiger partial charge is 0.380 e. The van der Waals surface area contributed by atoms with Crippen LogP contribution in [0.1, 0.15) is 83.1 Å². The third-order valence-corrected chi connectivity index (χ3v) is 6.95. The summed E-state index contributed by atoms with van der Waals surface area (Å²) in [7, 11) is -3.60. The Balaban J connectivity index is 1.38. The summed E-state index contributed by atoms with van der Waals surface area (Å²) >= 11 is 0. The van der Waals surface area contributed by atoms with Gasteiger partial charge in [0.15, 0.2) is 0 Å². The molecule has 5 heteroatoms. The summed E-state index contributed by atoms with van der Waals surface area (Å²) in [5, 5.41) is 0. The maximum absolute atomic E-state index is 12.1. The zero-order chi connectivity index (χ0) is 20.3. The van der Waals surface area contributed by atoms with Gasteiger partial charge in [-0.15, -0.1) is 0 Å². The third kappa shape index (κ3) is 8.62. The molecule has 0 spiro atoms. The Morgan fingerprint density at radius 1 is 0.857 bits per heavy atom. The summed E-state index contributed by atoms with van der Waals surface area (Å²) < 4.78 is 34.6. The Bertz CT molecular complexity index is 648. The van der Waals surface area contributed by atoms with E-state index in [1.807, 2.05) is 6.92 Å². The molecule has 0 aliphatic carbocycles. The van der Waals surface area contributed by atoms with Crippen LogP contribution in [0.15, 0.2) is 29.2 Å². The van der Waals surface area contributed by atoms with E-state index < -0.39 is 10.1 Å². The molecule has 0 radical (unpaired) electrons. The lowest BCUT2D eigenvalue weighted by molar-refractivity contribution is -0.106. The van der Waals surface area contributed by atoms with E-state index in [-0.39, 0.29) is 11.5 Å². The second-order valence-corrected chi connectivity index (χ2v) is 10.3. The van der Waals surface area contributed by atoms with Crippen LogP contribution in [-0.2, 0) is 19.0 Å². The lowest BCUT2D eigenvalue weighted by Gasteiger charge is -2.38. The molecule has 0 aromatic heterocycles. The van der Waals surface area contributed by atoms with E-state index >= 15 is 0 Å². The standard InChI is InChI=1S/C23H38O4S/c1-21-13-15-22(16-14-21)28(24,25)27-18-12-10-8-6-4-3-5-7-9-11-17-23(2)19-26-20-23/h13-16H,3-12,17-20H2,1-2H3. The van der Waals surface area contributed by atoms with Gasteiger partial charge >= 0.3 is 0 Å². The van der Waals surface area contributed by atoms with E-state index in [1.165, 1.54) is 51.4 Å². The van der Waals surface area contributed by atoms with Gasteiger partial charge in [0, 0.05) is 5.41 Å². The maximum atomic E-state index is 12.1. The summed E-state index contributed by atoms with van der Waals surface area (Å²) in [6, 6.07) is 6.79. The monoisotopic (exact) mass is 410 g/mol. The van der Waals surface area contributed by atoms with Gasteiger partial charge in [0.25, 0.3) is 10.1 Å². The number of benzene rings is 1. The Labute approximate surface area is 172 Å². The molecule has 1 aliphatic heterocycles. The first kappa shape index (κ1) is 23.4. The zero-order valence-corrected chi connectivity index (χ0v) is 18.6. The summed E-state index contributed by atoms with van der Waals surface area (Å²) in [5.74, 6) is 0. The molecule has 0 N–H and O–H groups in total. The SMILES string of the molecule is Cc1ccc(S(=O)(=O)OCCCCCCCCCCCCC2(C)COC2)cc1. The molecule has 28 heavy (non-hydrogen) atoms. The van der Waals surface area contributed by atoms with E-state index in [2.05, 4.69) is 6.92 Å². The number of hydrogen-bond donors (Lipinski definition) is 0. The van der Waals surface area contributed by atoms with E-state index in [0.717, 1.165) is 38.0 Å². The normalized spacial score (nSPS) is 16.1. The number of rotatable bonds is 15. The predicted molar refractivity (Wildman–Crippen MR) is 114 cm³/mol. The maximum Gasteiger partial charge on any atom is 0.296 e. The van der Waals surface area contributed by atoms with Crippen molar-refractivity contribution in [3.63, 3.8) is 0 Å². The average Bonchev–Trinajstić information content (AvgIpc) is 2.64. The molecule has 0 amide bonds. The Hall–Kier alpha value is -0.910. The first-order valence-corrected chi connectivity index (χ1v) is 12.4. The molecule has 1 heterocycles. The van der Waals surface area contributed by atoms with Crippen molar-refractivity contribution in [1.82, 2.24) is 0 Å². The molecular formula is C23H38O4S. The summed E-state index contributed by atoms with van der Waals surface area (Å²) in [6.45, 7) is 6.45. The van der Waals surface area contributed by atoms with Crippen molar-refractivity contribution in [2.75, 3.05) is 19.8 Å². The van der Waals surface area contributed by atoms with Gasteiger partial charge in [-0.1, -0.05) is 82.4 Å². The van der Waals surface area contributed by atoms with Crippen LogP contribution < -0.4 is 0 Å². The minimum absolute atomic E-state index is 0.244. The molecule has 0 saturated carbocycles. The quantitative estimate of drug-likeness (QED) is 0.262. The van der Waals surface area contributed by atoms with Crippen molar-refractivity contribution >= 4 is 10.1 Å². The van der Waals surface area contributed by atoms with Crippen LogP contribution in [0.5, 0.6) is 0 Å². The molecule has 1 fully saturated rings. The van der Waals surface area contributed by atoms with Gasteiger partial charge in [0.2, 0.25) is 0 Å². The Morgan fingerprint density at radius 3 is 1.86 bits per heavy atom. The number of ether oxygens (including phenoxy) is 1. The minimum Gasteiger partial charge on any atom is -0.380 e. The second kappa shape index (κ2) is 11.9. The lowest BCUT2D eigenvalue weighted by Crippen LogP contribution is -2.39. The Kier molecular flexibility index (Phi) is 9.96. The van der Waals surface area contributed by atoms with Crippen molar-refractivity contribution in [3.8, 4) is 0 Å². The highest BCUT2D eigenvalue weighted by atomic mass is 32.2. The average molecular weight is 411 g/mol. The van der Waals surface area contributed by atoms with Crippen LogP contribution in [-0.4, -0.2) is 28.2 Å². The van der Waals surface area contributed by atoms with E-state index in [4.69, 9.17) is 8.92 Å². The summed E-state index contributed by atoms with van der Waals surface area (Å²) in [5.41, 5.74) is 1.51. The first-order valence-electron chi connectivity index (χ1n) is 11.0. The summed E-state index contributed by atoms with van der Waals surface area (Å²) in [4.78, 5) is 0.244. The highest BCUT2D eigenvalue weighted by Gasteiger charge is 2.32. The molecule has 1 aliphatic rings. The molecule has 1 aromatic carbocycles. The van der Waals surface area contributed by atoms with Gasteiger partial charge in [-0.3, -0.25) is 4.18 Å². The van der Waals surface area contributed by atoms with Crippen molar-refractivity contribution in [2.45, 2.75) is 89.4 Å². The number of unbranched alkanes of at least 4 members (excludes halogenated alkanes) is 9. The topological polar surface area (TPSA) is 52.6 Å². The van der Waals surface area contributed by atoms with Crippen molar-refractivity contribution in [1.29, 1.82) is 0 Å². The Morgan fingerprint density at radius 2 is 1.36 bits per heavy atom. The lowest BCUT2D eigenvalue weighted by atomic mass is 9.83. The molecule has 1 aromatic rings. The minimum atomic E-state index is -3.60. The molecule has 2 rings (SSSR count). The second-order valence-electron chi connectivity index (χ2n) is 8.68. The molecule has 1 saturated heterocycles. The van der Waals surface area contributed by atoms with Crippen LogP contribution in [0, 0.1) is 12.3 Å². The first-order chi connectivity index (χ1) is 13.4. The number of aryl methyl sites for hydroxylation is 1. The van der Waals surface area contributed by atoms with Crippen LogP contribution in [0.2, 0.25) is 0 Å². The van der Waals surface area contributed by atoms with Gasteiger partial charge in [-0.2, -0.15) is 8.42 Å². The van der Waals surface area contributed by atoms with Crippen molar-refractivity contribution in [2.24, 2.45) is 5.41 Å². The zero-order valence-electron chi connectivity index (χ0n) is 17.8. The number of hydrogen-bond acceptors (Lipinski definition) is 4. The van der Waals surface area contributed by atoms with Gasteiger partial charge in [-0.25, -0.2) is 0 Å².